The second-order valence-corrected chi connectivity index (χ2v) is 8.28. The molecule has 34 heavy (non-hydrogen) atoms. The van der Waals surface area contributed by atoms with Gasteiger partial charge in [-0.1, -0.05) is 46.9 Å². The van der Waals surface area contributed by atoms with E-state index in [1.807, 2.05) is 12.1 Å². The molecule has 174 valence electrons. The zero-order chi connectivity index (χ0) is 24.2. The number of nitrogens with zero attached hydrogens (tertiary/aromatic N) is 3. The molecule has 2 aromatic carbocycles. The number of furan rings is 1. The second kappa shape index (κ2) is 10.2. The maximum absolute atomic E-state index is 12.6. The summed E-state index contributed by atoms with van der Waals surface area (Å²) in [7, 11) is 0. The number of nitrogens with one attached hydrogen (secondary N) is 1. The van der Waals surface area contributed by atoms with Crippen LogP contribution in [0.3, 0.4) is 0 Å². The molecule has 0 aliphatic carbocycles. The lowest BCUT2D eigenvalue weighted by molar-refractivity contribution is -0.384. The molecule has 4 rings (SSSR count). The van der Waals surface area contributed by atoms with E-state index in [0.717, 1.165) is 5.56 Å². The van der Waals surface area contributed by atoms with Gasteiger partial charge in [-0.25, -0.2) is 0 Å². The molecule has 0 bridgehead atoms. The van der Waals surface area contributed by atoms with E-state index < -0.39 is 10.8 Å². The maximum Gasteiger partial charge on any atom is 0.292 e. The molecule has 4 aromatic rings. The number of ether oxygens (including phenoxy) is 1. The number of nitro groups is 1. The summed E-state index contributed by atoms with van der Waals surface area (Å²) in [4.78, 5) is 22.8. The Balaban J connectivity index is 1.37. The van der Waals surface area contributed by atoms with E-state index in [1.165, 1.54) is 24.3 Å². The normalized spacial score (nSPS) is 10.8. The second-order valence-electron chi connectivity index (χ2n) is 7.03. The molecule has 0 radical (unpaired) electrons. The zero-order valence-corrected chi connectivity index (χ0v) is 19.5. The Hall–Kier alpha value is -3.53. The number of hydrogen-bond donors (Lipinski definition) is 1. The lowest BCUT2D eigenvalue weighted by atomic mass is 10.2. The number of non-ortho nitro benzene ring substituents is 1. The van der Waals surface area contributed by atoms with E-state index in [4.69, 9.17) is 44.0 Å². The summed E-state index contributed by atoms with van der Waals surface area (Å²) in [6, 6.07) is 14.2. The molecule has 0 saturated carbocycles. The fourth-order valence-electron chi connectivity index (χ4n) is 2.96. The minimum absolute atomic E-state index is 0.0247. The van der Waals surface area contributed by atoms with Crippen molar-refractivity contribution in [2.75, 3.05) is 5.32 Å². The average molecular weight is 522 g/mol. The van der Waals surface area contributed by atoms with Gasteiger partial charge in [-0.05, 0) is 35.9 Å². The fraction of sp³-hybridized carbons (Fsp3) is 0.0909. The molecule has 0 aliphatic rings. The van der Waals surface area contributed by atoms with Gasteiger partial charge in [0.1, 0.15) is 23.1 Å². The third-order valence-corrected chi connectivity index (χ3v) is 5.41. The predicted octanol–water partition coefficient (Wildman–Crippen LogP) is 6.22. The SMILES string of the molecule is O=C(Nc1nn(Cc2ccc(Cl)cc2)cc1Cl)c1ccc(COc2ccc([N+](=O)[O-])cc2Cl)o1. The van der Waals surface area contributed by atoms with Gasteiger partial charge in [0.15, 0.2) is 11.6 Å². The molecule has 12 heteroatoms. The molecule has 0 unspecified atom stereocenters. The van der Waals surface area contributed by atoms with Crippen LogP contribution in [0.4, 0.5) is 11.5 Å². The van der Waals surface area contributed by atoms with Crippen LogP contribution in [0.1, 0.15) is 21.9 Å². The van der Waals surface area contributed by atoms with Crippen molar-refractivity contribution < 1.29 is 18.9 Å². The van der Waals surface area contributed by atoms with E-state index in [2.05, 4.69) is 10.4 Å². The monoisotopic (exact) mass is 520 g/mol. The van der Waals surface area contributed by atoms with Crippen molar-refractivity contribution in [1.82, 2.24) is 9.78 Å². The summed E-state index contributed by atoms with van der Waals surface area (Å²) >= 11 is 18.1. The van der Waals surface area contributed by atoms with Crippen molar-refractivity contribution in [2.24, 2.45) is 0 Å². The highest BCUT2D eigenvalue weighted by Crippen LogP contribution is 2.29. The quantitative estimate of drug-likeness (QED) is 0.217. The summed E-state index contributed by atoms with van der Waals surface area (Å²) in [6.07, 6.45) is 1.60. The van der Waals surface area contributed by atoms with E-state index in [0.29, 0.717) is 17.3 Å². The van der Waals surface area contributed by atoms with Gasteiger partial charge in [0.2, 0.25) is 0 Å². The van der Waals surface area contributed by atoms with Crippen molar-refractivity contribution >= 4 is 52.2 Å². The number of amides is 1. The molecular formula is C22H15Cl3N4O5. The van der Waals surface area contributed by atoms with E-state index in [-0.39, 0.29) is 39.7 Å². The molecule has 9 nitrogen and oxygen atoms in total. The van der Waals surface area contributed by atoms with Crippen molar-refractivity contribution in [2.45, 2.75) is 13.2 Å². The minimum atomic E-state index is -0.555. The van der Waals surface area contributed by atoms with Crippen LogP contribution in [0, 0.1) is 10.1 Å². The molecule has 1 amide bonds. The number of benzene rings is 2. The predicted molar refractivity (Wildman–Crippen MR) is 127 cm³/mol. The van der Waals surface area contributed by atoms with Gasteiger partial charge in [-0.2, -0.15) is 5.10 Å². The summed E-state index contributed by atoms with van der Waals surface area (Å²) in [5.74, 6) is 0.258. The molecule has 0 aliphatic heterocycles. The Morgan fingerprint density at radius 1 is 1.09 bits per heavy atom. The minimum Gasteiger partial charge on any atom is -0.484 e. The van der Waals surface area contributed by atoms with Gasteiger partial charge in [0.25, 0.3) is 11.6 Å². The van der Waals surface area contributed by atoms with Crippen molar-refractivity contribution in [3.63, 3.8) is 0 Å². The highest BCUT2D eigenvalue weighted by Gasteiger charge is 2.17. The lowest BCUT2D eigenvalue weighted by Crippen LogP contribution is -2.12. The van der Waals surface area contributed by atoms with Gasteiger partial charge in [0, 0.05) is 23.4 Å². The molecule has 0 saturated heterocycles. The average Bonchev–Trinajstić information content (AvgIpc) is 3.41. The number of carbonyl (C=O) groups excluding carboxylic acids is 1. The van der Waals surface area contributed by atoms with Crippen LogP contribution in [0.15, 0.2) is 65.2 Å². The van der Waals surface area contributed by atoms with Crippen LogP contribution >= 0.6 is 34.8 Å². The first kappa shape index (κ1) is 23.6. The Labute approximate surface area is 207 Å². The van der Waals surface area contributed by atoms with Gasteiger partial charge in [0.05, 0.1) is 16.5 Å². The maximum atomic E-state index is 12.6. The van der Waals surface area contributed by atoms with Gasteiger partial charge >= 0.3 is 0 Å². The first-order chi connectivity index (χ1) is 16.3. The number of rotatable bonds is 8. The number of halogens is 3. The van der Waals surface area contributed by atoms with Crippen molar-refractivity contribution in [3.8, 4) is 5.75 Å². The van der Waals surface area contributed by atoms with Crippen LogP contribution in [-0.2, 0) is 13.2 Å². The van der Waals surface area contributed by atoms with Crippen LogP contribution < -0.4 is 10.1 Å². The molecule has 1 N–H and O–H groups in total. The van der Waals surface area contributed by atoms with Crippen LogP contribution in [-0.4, -0.2) is 20.6 Å². The Morgan fingerprint density at radius 2 is 1.85 bits per heavy atom. The number of hydrogen-bond acceptors (Lipinski definition) is 6. The number of aromatic nitrogens is 2. The van der Waals surface area contributed by atoms with Crippen LogP contribution in [0.25, 0.3) is 0 Å². The topological polar surface area (TPSA) is 112 Å². The van der Waals surface area contributed by atoms with E-state index in [9.17, 15) is 14.9 Å². The Morgan fingerprint density at radius 3 is 2.56 bits per heavy atom. The number of anilines is 1. The zero-order valence-electron chi connectivity index (χ0n) is 17.2. The van der Waals surface area contributed by atoms with Gasteiger partial charge < -0.3 is 14.5 Å². The molecule has 2 aromatic heterocycles. The lowest BCUT2D eigenvalue weighted by Gasteiger charge is -2.06. The number of carbonyl (C=O) groups is 1. The third-order valence-electron chi connectivity index (χ3n) is 4.59. The van der Waals surface area contributed by atoms with E-state index >= 15 is 0 Å². The third kappa shape index (κ3) is 5.69. The number of nitro benzene ring substituents is 1. The van der Waals surface area contributed by atoms with Crippen LogP contribution in [0.2, 0.25) is 15.1 Å². The first-order valence-corrected chi connectivity index (χ1v) is 10.9. The van der Waals surface area contributed by atoms with E-state index in [1.54, 1.807) is 29.1 Å². The molecule has 0 spiro atoms. The molecule has 2 heterocycles. The highest BCUT2D eigenvalue weighted by atomic mass is 35.5. The molecular weight excluding hydrogens is 507 g/mol. The van der Waals surface area contributed by atoms with Crippen molar-refractivity contribution in [3.05, 3.63) is 103 Å². The fourth-order valence-corrected chi connectivity index (χ4v) is 3.51. The molecule has 0 fully saturated rings. The van der Waals surface area contributed by atoms with Gasteiger partial charge in [-0.15, -0.1) is 0 Å². The van der Waals surface area contributed by atoms with Gasteiger partial charge in [-0.3, -0.25) is 19.6 Å². The summed E-state index contributed by atoms with van der Waals surface area (Å²) in [5.41, 5.74) is 0.814. The Bertz CT molecular complexity index is 1350. The summed E-state index contributed by atoms with van der Waals surface area (Å²) < 4.78 is 12.6. The smallest absolute Gasteiger partial charge is 0.292 e. The standard InChI is InChI=1S/C22H15Cl3N4O5/c23-14-3-1-13(2-4-14)10-28-11-18(25)21(27-28)26-22(30)20-8-6-16(34-20)12-33-19-7-5-15(29(31)32)9-17(19)24/h1-9,11H,10,12H2,(H,26,27,30). The molecule has 0 atom stereocenters. The largest absolute Gasteiger partial charge is 0.484 e. The summed E-state index contributed by atoms with van der Waals surface area (Å²) in [5, 5.41) is 18.7. The summed E-state index contributed by atoms with van der Waals surface area (Å²) in [6.45, 7) is 0.404. The highest BCUT2D eigenvalue weighted by molar-refractivity contribution is 6.33. The van der Waals surface area contributed by atoms with Crippen LogP contribution in [0.5, 0.6) is 5.75 Å². The Kier molecular flexibility index (Phi) is 7.06. The van der Waals surface area contributed by atoms with Crippen molar-refractivity contribution in [1.29, 1.82) is 0 Å². The first-order valence-electron chi connectivity index (χ1n) is 9.72.